The van der Waals surface area contributed by atoms with Crippen LogP contribution in [-0.4, -0.2) is 80.2 Å². The van der Waals surface area contributed by atoms with E-state index in [1.165, 1.54) is 22.9 Å². The van der Waals surface area contributed by atoms with E-state index in [4.69, 9.17) is 4.74 Å². The largest absolute Gasteiger partial charge is 0.444 e. The smallest absolute Gasteiger partial charge is 0.410 e. The molecule has 0 unspecified atom stereocenters. The Morgan fingerprint density at radius 2 is 1.87 bits per heavy atom. The molecule has 0 bridgehead atoms. The molecule has 2 aliphatic rings. The molecule has 4 heterocycles. The van der Waals surface area contributed by atoms with Gasteiger partial charge >= 0.3 is 11.8 Å². The van der Waals surface area contributed by atoms with Gasteiger partial charge in [0.05, 0.1) is 12.2 Å². The number of halogens is 2. The number of amides is 2. The summed E-state index contributed by atoms with van der Waals surface area (Å²) in [4.78, 5) is 53.5. The molecule has 1 aromatic carbocycles. The first-order valence-corrected chi connectivity index (χ1v) is 15.1. The normalized spacial score (nSPS) is 19.8. The Labute approximate surface area is 261 Å². The van der Waals surface area contributed by atoms with E-state index in [1.54, 1.807) is 34.3 Å². The highest BCUT2D eigenvalue weighted by atomic mass is 19.1. The van der Waals surface area contributed by atoms with Gasteiger partial charge in [-0.1, -0.05) is 19.9 Å². The molecule has 10 nitrogen and oxygen atoms in total. The van der Waals surface area contributed by atoms with E-state index >= 15 is 0 Å². The van der Waals surface area contributed by atoms with E-state index in [0.29, 0.717) is 30.0 Å². The van der Waals surface area contributed by atoms with Gasteiger partial charge in [-0.3, -0.25) is 19.2 Å². The van der Waals surface area contributed by atoms with Crippen molar-refractivity contribution in [2.45, 2.75) is 77.6 Å². The molecule has 1 saturated heterocycles. The third-order valence-corrected chi connectivity index (χ3v) is 8.31. The number of aromatic nitrogens is 3. The fraction of sp³-hybridized carbons (Fsp3) is 0.485. The minimum Gasteiger partial charge on any atom is -0.444 e. The van der Waals surface area contributed by atoms with Gasteiger partial charge in [-0.05, 0) is 51.5 Å². The van der Waals surface area contributed by atoms with E-state index in [9.17, 15) is 23.2 Å². The van der Waals surface area contributed by atoms with Crippen LogP contribution in [0.2, 0.25) is 0 Å². The van der Waals surface area contributed by atoms with Crippen LogP contribution in [0.15, 0.2) is 53.7 Å². The van der Waals surface area contributed by atoms with Crippen molar-refractivity contribution < 1.29 is 23.1 Å². The van der Waals surface area contributed by atoms with Crippen molar-refractivity contribution in [3.05, 3.63) is 87.9 Å². The van der Waals surface area contributed by atoms with Crippen LogP contribution >= 0.6 is 0 Å². The van der Waals surface area contributed by atoms with Gasteiger partial charge in [0.25, 0.3) is 0 Å². The lowest BCUT2D eigenvalue weighted by molar-refractivity contribution is -0.121. The van der Waals surface area contributed by atoms with Crippen LogP contribution < -0.4 is 10.6 Å². The highest BCUT2D eigenvalue weighted by molar-refractivity contribution is 5.97. The number of nitrogens with zero attached hydrogens (tertiary/aromatic N) is 6. The molecule has 2 atom stereocenters. The van der Waals surface area contributed by atoms with Crippen LogP contribution in [0.5, 0.6) is 0 Å². The van der Waals surface area contributed by atoms with Crippen LogP contribution in [0.1, 0.15) is 58.4 Å². The lowest BCUT2D eigenvalue weighted by Gasteiger charge is -2.45. The Kier molecular flexibility index (Phi) is 8.81. The second kappa shape index (κ2) is 12.3. The summed E-state index contributed by atoms with van der Waals surface area (Å²) in [6, 6.07) is 6.31. The van der Waals surface area contributed by atoms with Crippen molar-refractivity contribution in [2.75, 3.05) is 31.1 Å². The number of ether oxygens (including phenoxy) is 1. The third kappa shape index (κ3) is 7.22. The minimum atomic E-state index is -0.675. The number of hydrogen-bond acceptors (Lipinski definition) is 7. The van der Waals surface area contributed by atoms with Crippen molar-refractivity contribution in [3.63, 3.8) is 0 Å². The Bertz CT molecular complexity index is 1650. The summed E-state index contributed by atoms with van der Waals surface area (Å²) >= 11 is 0. The van der Waals surface area contributed by atoms with Crippen molar-refractivity contribution in [1.29, 1.82) is 0 Å². The van der Waals surface area contributed by atoms with Gasteiger partial charge in [-0.25, -0.2) is 23.4 Å². The summed E-state index contributed by atoms with van der Waals surface area (Å²) in [6.07, 6.45) is 4.50. The zero-order chi connectivity index (χ0) is 32.7. The average molecular weight is 623 g/mol. The van der Waals surface area contributed by atoms with Gasteiger partial charge in [0.1, 0.15) is 17.2 Å². The summed E-state index contributed by atoms with van der Waals surface area (Å²) in [5.74, 6) is -1.44. The Balaban J connectivity index is 1.40. The van der Waals surface area contributed by atoms with Crippen LogP contribution in [-0.2, 0) is 27.9 Å². The zero-order valence-corrected chi connectivity index (χ0v) is 26.6. The van der Waals surface area contributed by atoms with E-state index < -0.39 is 29.0 Å². The Morgan fingerprint density at radius 1 is 1.11 bits per heavy atom. The molecule has 0 saturated carbocycles. The predicted molar refractivity (Wildman–Crippen MR) is 165 cm³/mol. The molecule has 2 aliphatic heterocycles. The first-order valence-electron chi connectivity index (χ1n) is 15.1. The maximum atomic E-state index is 14.4. The number of pyridine rings is 1. The summed E-state index contributed by atoms with van der Waals surface area (Å²) in [5, 5.41) is 0. The van der Waals surface area contributed by atoms with E-state index in [0.717, 1.165) is 11.6 Å². The maximum Gasteiger partial charge on any atom is 0.410 e. The fourth-order valence-corrected chi connectivity index (χ4v) is 6.04. The van der Waals surface area contributed by atoms with Gasteiger partial charge in [0.2, 0.25) is 5.91 Å². The molecule has 3 aromatic rings. The second-order valence-electron chi connectivity index (χ2n) is 13.6. The van der Waals surface area contributed by atoms with Crippen LogP contribution in [0, 0.1) is 11.6 Å². The number of carbonyl (C=O) groups excluding carboxylic acids is 2. The van der Waals surface area contributed by atoms with Gasteiger partial charge in [0, 0.05) is 86.0 Å². The molecular weight excluding hydrogens is 582 g/mol. The van der Waals surface area contributed by atoms with E-state index in [-0.39, 0.29) is 49.5 Å². The van der Waals surface area contributed by atoms with Gasteiger partial charge in [-0.2, -0.15) is 0 Å². The second-order valence-corrected chi connectivity index (χ2v) is 13.6. The molecule has 2 amide bonds. The summed E-state index contributed by atoms with van der Waals surface area (Å²) in [5.41, 5.74) is 1.01. The summed E-state index contributed by atoms with van der Waals surface area (Å²) < 4.78 is 35.0. The van der Waals surface area contributed by atoms with Crippen molar-refractivity contribution >= 4 is 17.7 Å². The van der Waals surface area contributed by atoms with Crippen LogP contribution in [0.3, 0.4) is 0 Å². The number of carbonyl (C=O) groups is 2. The molecule has 2 aromatic heterocycles. The van der Waals surface area contributed by atoms with Gasteiger partial charge < -0.3 is 14.5 Å². The monoisotopic (exact) mass is 622 g/mol. The lowest BCUT2D eigenvalue weighted by atomic mass is 9.88. The van der Waals surface area contributed by atoms with Crippen molar-refractivity contribution in [3.8, 4) is 0 Å². The Hall–Kier alpha value is -4.19. The number of benzene rings is 1. The highest BCUT2D eigenvalue weighted by Crippen LogP contribution is 2.41. The zero-order valence-electron chi connectivity index (χ0n) is 26.6. The third-order valence-electron chi connectivity index (χ3n) is 8.31. The number of fused-ring (bicyclic) bond motifs is 1. The minimum absolute atomic E-state index is 0.0476. The number of rotatable bonds is 6. The van der Waals surface area contributed by atoms with Crippen LogP contribution in [0.25, 0.3) is 0 Å². The molecule has 240 valence electrons. The first kappa shape index (κ1) is 32.2. The maximum absolute atomic E-state index is 14.4. The number of piperazine rings is 1. The first-order chi connectivity index (χ1) is 21.1. The van der Waals surface area contributed by atoms with Gasteiger partial charge in [-0.15, -0.1) is 0 Å². The van der Waals surface area contributed by atoms with Crippen molar-refractivity contribution in [1.82, 2.24) is 24.3 Å². The molecule has 1 fully saturated rings. The number of anilines is 1. The molecule has 0 aliphatic carbocycles. The molecule has 0 spiro atoms. The molecule has 12 heteroatoms. The number of hydrogen-bond donors (Lipinski definition) is 0. The SMILES string of the molecule is C[C@@H]1CN(CC(=O)N2CC(C)(C)c3cnc(Cc4ccc(F)cc4F)cc32)[C@H](Cn2cccnc2=O)CN1C(=O)OC(C)(C)C. The van der Waals surface area contributed by atoms with Crippen molar-refractivity contribution in [2.24, 2.45) is 0 Å². The molecule has 5 rings (SSSR count). The topological polar surface area (TPSA) is 101 Å². The molecule has 45 heavy (non-hydrogen) atoms. The van der Waals surface area contributed by atoms with Gasteiger partial charge in [0.15, 0.2) is 0 Å². The van der Waals surface area contributed by atoms with E-state index in [2.05, 4.69) is 9.97 Å². The standard InChI is InChI=1S/C33H40F2N6O4/c1-21-16-39(25(17-38-11-7-10-36-30(38)43)18-40(21)31(44)45-32(2,3)4)19-29(42)41-20-33(5,6)26-15-37-24(14-28(26)41)12-22-8-9-23(34)13-27(22)35/h7-11,13-15,21,25H,12,16-20H2,1-6H3/t21-,25-/m1/s1. The highest BCUT2D eigenvalue weighted by Gasteiger charge is 2.42. The van der Waals surface area contributed by atoms with Crippen LogP contribution in [0.4, 0.5) is 19.3 Å². The summed E-state index contributed by atoms with van der Waals surface area (Å²) in [6.45, 7) is 12.8. The predicted octanol–water partition coefficient (Wildman–Crippen LogP) is 4.14. The molecule has 0 radical (unpaired) electrons. The molecule has 0 N–H and O–H groups in total. The Morgan fingerprint density at radius 3 is 2.56 bits per heavy atom. The lowest BCUT2D eigenvalue weighted by Crippen LogP contribution is -2.62. The quantitative estimate of drug-likeness (QED) is 0.408. The fourth-order valence-electron chi connectivity index (χ4n) is 6.04. The average Bonchev–Trinajstić information content (AvgIpc) is 3.21. The van der Waals surface area contributed by atoms with E-state index in [1.807, 2.05) is 46.4 Å². The summed E-state index contributed by atoms with van der Waals surface area (Å²) in [7, 11) is 0. The molecular formula is C33H40F2N6O4.